The number of anilines is 2. The maximum absolute atomic E-state index is 14.0. The number of rotatable bonds is 5. The fourth-order valence-corrected chi connectivity index (χ4v) is 4.04. The number of aromatic amines is 1. The molecule has 0 spiro atoms. The Hall–Kier alpha value is -4.28. The lowest BCUT2D eigenvalue weighted by Crippen LogP contribution is -2.36. The summed E-state index contributed by atoms with van der Waals surface area (Å²) in [5.41, 5.74) is 1.67. The number of aromatic nitrogens is 5. The topological polar surface area (TPSA) is 129 Å². The van der Waals surface area contributed by atoms with Gasteiger partial charge in [-0.15, -0.1) is 0 Å². The third-order valence-corrected chi connectivity index (χ3v) is 5.67. The second-order valence-electron chi connectivity index (χ2n) is 7.81. The Balaban J connectivity index is 1.33. The molecule has 4 aromatic rings. The first-order valence-corrected chi connectivity index (χ1v) is 10.4. The number of hydrogen-bond acceptors (Lipinski definition) is 6. The van der Waals surface area contributed by atoms with Gasteiger partial charge in [0, 0.05) is 25.9 Å². The van der Waals surface area contributed by atoms with Crippen LogP contribution in [-0.2, 0) is 11.8 Å². The molecule has 3 N–H and O–H groups in total. The van der Waals surface area contributed by atoms with Gasteiger partial charge in [-0.2, -0.15) is 5.10 Å². The molecule has 1 atom stereocenters. The van der Waals surface area contributed by atoms with Crippen LogP contribution in [0.5, 0.6) is 0 Å². The number of nitrogens with zero attached hydrogens (tertiary/aromatic N) is 5. The fourth-order valence-electron chi connectivity index (χ4n) is 4.04. The van der Waals surface area contributed by atoms with Gasteiger partial charge in [0.2, 0.25) is 0 Å². The molecule has 1 aromatic carbocycles. The monoisotopic (exact) mass is 449 g/mol. The quantitative estimate of drug-likeness (QED) is 0.427. The number of aliphatic carboxylic acids is 1. The number of imidazole rings is 1. The maximum atomic E-state index is 14.0. The predicted octanol–water partition coefficient (Wildman–Crippen LogP) is 2.80. The van der Waals surface area contributed by atoms with Crippen LogP contribution >= 0.6 is 0 Å². The molecule has 0 bridgehead atoms. The molecule has 168 valence electrons. The van der Waals surface area contributed by atoms with E-state index in [2.05, 4.69) is 25.4 Å². The standard InChI is InChI=1S/C22H20FN7O3/c1-29-16(20-25-14-5-2-4-13(23)19(14)27-20)10-17(28-29)26-21(31)12-7-8-18(24-11-12)30-9-3-6-15(30)22(32)33/h2,4-5,7-8,10-11,15H,3,6,9H2,1H3,(H,25,27)(H,32,33)(H,26,28,31). The number of carbonyl (C=O) groups excluding carboxylic acids is 1. The highest BCUT2D eigenvalue weighted by Gasteiger charge is 2.31. The van der Waals surface area contributed by atoms with Crippen molar-refractivity contribution in [1.82, 2.24) is 24.7 Å². The predicted molar refractivity (Wildman–Crippen MR) is 118 cm³/mol. The van der Waals surface area contributed by atoms with E-state index >= 15 is 0 Å². The van der Waals surface area contributed by atoms with Gasteiger partial charge in [0.05, 0.1) is 11.1 Å². The van der Waals surface area contributed by atoms with Gasteiger partial charge in [0.1, 0.15) is 23.1 Å². The maximum Gasteiger partial charge on any atom is 0.326 e. The minimum absolute atomic E-state index is 0.230. The molecule has 0 saturated carbocycles. The molecule has 4 heterocycles. The molecule has 1 aliphatic rings. The molecule has 0 radical (unpaired) electrons. The van der Waals surface area contributed by atoms with E-state index in [1.165, 1.54) is 16.9 Å². The van der Waals surface area contributed by atoms with Gasteiger partial charge in [0.15, 0.2) is 17.5 Å². The molecule has 0 aliphatic carbocycles. The van der Waals surface area contributed by atoms with Gasteiger partial charge in [0.25, 0.3) is 5.91 Å². The molecular weight excluding hydrogens is 429 g/mol. The van der Waals surface area contributed by atoms with Crippen molar-refractivity contribution in [1.29, 1.82) is 0 Å². The summed E-state index contributed by atoms with van der Waals surface area (Å²) in [7, 11) is 1.69. The summed E-state index contributed by atoms with van der Waals surface area (Å²) < 4.78 is 15.5. The molecule has 1 amide bonds. The average molecular weight is 449 g/mol. The van der Waals surface area contributed by atoms with Gasteiger partial charge >= 0.3 is 5.97 Å². The van der Waals surface area contributed by atoms with E-state index in [4.69, 9.17) is 0 Å². The van der Waals surface area contributed by atoms with Crippen LogP contribution in [0, 0.1) is 5.82 Å². The summed E-state index contributed by atoms with van der Waals surface area (Å²) in [5.74, 6) is -0.470. The van der Waals surface area contributed by atoms with E-state index in [-0.39, 0.29) is 5.52 Å². The number of halogens is 1. The molecule has 1 unspecified atom stereocenters. The Morgan fingerprint density at radius 2 is 2.12 bits per heavy atom. The first-order chi connectivity index (χ1) is 15.9. The number of hydrogen-bond donors (Lipinski definition) is 3. The number of pyridine rings is 1. The molecule has 11 heteroatoms. The van der Waals surface area contributed by atoms with Crippen molar-refractivity contribution in [3.8, 4) is 11.5 Å². The van der Waals surface area contributed by atoms with Crippen molar-refractivity contribution < 1.29 is 19.1 Å². The molecule has 1 fully saturated rings. The highest BCUT2D eigenvalue weighted by molar-refractivity contribution is 6.03. The highest BCUT2D eigenvalue weighted by Crippen LogP contribution is 2.26. The van der Waals surface area contributed by atoms with Crippen molar-refractivity contribution in [2.75, 3.05) is 16.8 Å². The normalized spacial score (nSPS) is 15.8. The van der Waals surface area contributed by atoms with Crippen LogP contribution in [0.2, 0.25) is 0 Å². The summed E-state index contributed by atoms with van der Waals surface area (Å²) >= 11 is 0. The van der Waals surface area contributed by atoms with E-state index in [0.29, 0.717) is 47.2 Å². The Bertz CT molecular complexity index is 1360. The van der Waals surface area contributed by atoms with E-state index < -0.39 is 23.7 Å². The summed E-state index contributed by atoms with van der Waals surface area (Å²) in [6, 6.07) is 8.94. The molecule has 5 rings (SSSR count). The van der Waals surface area contributed by atoms with Crippen LogP contribution in [0.1, 0.15) is 23.2 Å². The van der Waals surface area contributed by atoms with E-state index in [1.807, 2.05) is 0 Å². The second kappa shape index (κ2) is 8.01. The van der Waals surface area contributed by atoms with E-state index in [1.54, 1.807) is 42.3 Å². The van der Waals surface area contributed by atoms with Gasteiger partial charge in [-0.05, 0) is 37.1 Å². The SMILES string of the molecule is Cn1nc(NC(=O)c2ccc(N3CCCC3C(=O)O)nc2)cc1-c1nc2c(F)cccc2[nH]1. The fraction of sp³-hybridized carbons (Fsp3) is 0.227. The summed E-state index contributed by atoms with van der Waals surface area (Å²) in [4.78, 5) is 37.4. The van der Waals surface area contributed by atoms with Crippen LogP contribution in [0.3, 0.4) is 0 Å². The number of nitrogens with one attached hydrogen (secondary N) is 2. The number of carbonyl (C=O) groups is 2. The van der Waals surface area contributed by atoms with Crippen LogP contribution in [0.4, 0.5) is 16.0 Å². The van der Waals surface area contributed by atoms with Crippen molar-refractivity contribution in [2.24, 2.45) is 7.05 Å². The van der Waals surface area contributed by atoms with Crippen LogP contribution in [-0.4, -0.2) is 54.3 Å². The zero-order valence-electron chi connectivity index (χ0n) is 17.6. The minimum atomic E-state index is -0.880. The summed E-state index contributed by atoms with van der Waals surface area (Å²) in [5, 5.41) is 16.4. The average Bonchev–Trinajstić information content (AvgIpc) is 3.52. The van der Waals surface area contributed by atoms with Crippen LogP contribution in [0.25, 0.3) is 22.6 Å². The van der Waals surface area contributed by atoms with E-state index in [9.17, 15) is 19.1 Å². The molecular formula is C22H20FN7O3. The van der Waals surface area contributed by atoms with Crippen molar-refractivity contribution in [2.45, 2.75) is 18.9 Å². The van der Waals surface area contributed by atoms with Gasteiger partial charge in [-0.25, -0.2) is 19.2 Å². The van der Waals surface area contributed by atoms with Gasteiger partial charge in [-0.1, -0.05) is 6.07 Å². The number of benzene rings is 1. The Labute approximate surface area is 187 Å². The second-order valence-corrected chi connectivity index (χ2v) is 7.81. The first kappa shape index (κ1) is 20.6. The molecule has 10 nitrogen and oxygen atoms in total. The lowest BCUT2D eigenvalue weighted by molar-refractivity contribution is -0.138. The lowest BCUT2D eigenvalue weighted by atomic mass is 10.2. The Morgan fingerprint density at radius 1 is 1.27 bits per heavy atom. The minimum Gasteiger partial charge on any atom is -0.480 e. The molecule has 1 saturated heterocycles. The van der Waals surface area contributed by atoms with Crippen molar-refractivity contribution in [3.63, 3.8) is 0 Å². The number of aryl methyl sites for hydroxylation is 1. The number of amides is 1. The van der Waals surface area contributed by atoms with E-state index in [0.717, 1.165) is 6.42 Å². The lowest BCUT2D eigenvalue weighted by Gasteiger charge is -2.22. The van der Waals surface area contributed by atoms with Crippen LogP contribution in [0.15, 0.2) is 42.6 Å². The van der Waals surface area contributed by atoms with Gasteiger partial charge in [-0.3, -0.25) is 9.48 Å². The highest BCUT2D eigenvalue weighted by atomic mass is 19.1. The zero-order chi connectivity index (χ0) is 23.1. The summed E-state index contributed by atoms with van der Waals surface area (Å²) in [6.07, 6.45) is 2.76. The largest absolute Gasteiger partial charge is 0.480 e. The first-order valence-electron chi connectivity index (χ1n) is 10.4. The third-order valence-electron chi connectivity index (χ3n) is 5.67. The van der Waals surface area contributed by atoms with Crippen LogP contribution < -0.4 is 10.2 Å². The number of carboxylic acid groups (broad SMARTS) is 1. The zero-order valence-corrected chi connectivity index (χ0v) is 17.6. The Morgan fingerprint density at radius 3 is 2.85 bits per heavy atom. The summed E-state index contributed by atoms with van der Waals surface area (Å²) in [6.45, 7) is 0.609. The number of H-pyrrole nitrogens is 1. The molecule has 33 heavy (non-hydrogen) atoms. The molecule has 1 aliphatic heterocycles. The third kappa shape index (κ3) is 3.77. The van der Waals surface area contributed by atoms with Crippen molar-refractivity contribution in [3.05, 3.63) is 54.0 Å². The van der Waals surface area contributed by atoms with Crippen molar-refractivity contribution >= 4 is 34.5 Å². The number of fused-ring (bicyclic) bond motifs is 1. The number of para-hydroxylation sites is 1. The Kier molecular flexibility index (Phi) is 5.00. The molecule has 3 aromatic heterocycles. The van der Waals surface area contributed by atoms with Gasteiger partial charge < -0.3 is 20.3 Å². The smallest absolute Gasteiger partial charge is 0.326 e. The number of carboxylic acids is 1.